The van der Waals surface area contributed by atoms with Crippen LogP contribution in [0.4, 0.5) is 0 Å². The van der Waals surface area contributed by atoms with E-state index in [1.807, 2.05) is 17.9 Å². The lowest BCUT2D eigenvalue weighted by atomic mass is 9.99. The van der Waals surface area contributed by atoms with Gasteiger partial charge < -0.3 is 5.32 Å². The molecule has 0 bridgehead atoms. The number of halogens is 1. The van der Waals surface area contributed by atoms with Crippen LogP contribution in [0.3, 0.4) is 0 Å². The van der Waals surface area contributed by atoms with Crippen LogP contribution in [0, 0.1) is 6.92 Å². The zero-order valence-corrected chi connectivity index (χ0v) is 15.2. The Bertz CT molecular complexity index is 642. The van der Waals surface area contributed by atoms with Gasteiger partial charge in [0.25, 0.3) is 0 Å². The van der Waals surface area contributed by atoms with E-state index in [0.717, 1.165) is 19.6 Å². The maximum atomic E-state index is 4.33. The van der Waals surface area contributed by atoms with Gasteiger partial charge in [-0.05, 0) is 31.9 Å². The van der Waals surface area contributed by atoms with Crippen LogP contribution in [0.2, 0.25) is 0 Å². The summed E-state index contributed by atoms with van der Waals surface area (Å²) in [7, 11) is 1.97. The molecular weight excluding hydrogens is 308 g/mol. The van der Waals surface area contributed by atoms with Gasteiger partial charge in [-0.3, -0.25) is 9.58 Å². The second kappa shape index (κ2) is 7.47. The smallest absolute Gasteiger partial charge is 0.0568 e. The van der Waals surface area contributed by atoms with Crippen molar-refractivity contribution in [3.63, 3.8) is 0 Å². The fourth-order valence-electron chi connectivity index (χ4n) is 3.47. The van der Waals surface area contributed by atoms with Gasteiger partial charge in [0.1, 0.15) is 0 Å². The minimum Gasteiger partial charge on any atom is -0.309 e. The lowest BCUT2D eigenvalue weighted by molar-refractivity contribution is 0.167. The van der Waals surface area contributed by atoms with Crippen molar-refractivity contribution < 1.29 is 0 Å². The van der Waals surface area contributed by atoms with Crippen molar-refractivity contribution in [2.24, 2.45) is 7.05 Å². The molecule has 1 aliphatic rings. The molecule has 23 heavy (non-hydrogen) atoms. The summed E-state index contributed by atoms with van der Waals surface area (Å²) in [5.74, 6) is 0. The van der Waals surface area contributed by atoms with Crippen LogP contribution in [-0.2, 0) is 13.6 Å². The number of hydrogen-bond donors (Lipinski definition) is 1. The van der Waals surface area contributed by atoms with E-state index in [1.54, 1.807) is 0 Å². The van der Waals surface area contributed by atoms with Gasteiger partial charge >= 0.3 is 0 Å². The standard InChI is InChI=1S/C18H26N4.ClH/c1-13-5-6-16(12-22-9-14(2)20-15(3)10-22)18(7-13)17-8-19-21(4)11-17;/h5-8,11,14-15,20H,9-10,12H2,1-4H3;1H. The van der Waals surface area contributed by atoms with E-state index in [4.69, 9.17) is 0 Å². The molecule has 0 radical (unpaired) electrons. The summed E-state index contributed by atoms with van der Waals surface area (Å²) in [4.78, 5) is 2.55. The number of aromatic nitrogens is 2. The summed E-state index contributed by atoms with van der Waals surface area (Å²) in [6, 6.07) is 7.87. The second-order valence-electron chi connectivity index (χ2n) is 6.73. The molecule has 2 unspecified atom stereocenters. The molecule has 3 rings (SSSR count). The van der Waals surface area contributed by atoms with Gasteiger partial charge in [-0.1, -0.05) is 23.8 Å². The lowest BCUT2D eigenvalue weighted by Crippen LogP contribution is -2.53. The Morgan fingerprint density at radius 1 is 1.22 bits per heavy atom. The van der Waals surface area contributed by atoms with E-state index >= 15 is 0 Å². The molecule has 1 N–H and O–H groups in total. The van der Waals surface area contributed by atoms with E-state index in [0.29, 0.717) is 12.1 Å². The van der Waals surface area contributed by atoms with Crippen molar-refractivity contribution in [2.75, 3.05) is 13.1 Å². The van der Waals surface area contributed by atoms with Crippen molar-refractivity contribution in [3.8, 4) is 11.1 Å². The topological polar surface area (TPSA) is 33.1 Å². The SMILES string of the molecule is Cc1ccc(CN2CC(C)NC(C)C2)c(-c2cnn(C)c2)c1.Cl. The highest BCUT2D eigenvalue weighted by Gasteiger charge is 2.21. The first-order valence-electron chi connectivity index (χ1n) is 8.08. The van der Waals surface area contributed by atoms with E-state index in [9.17, 15) is 0 Å². The summed E-state index contributed by atoms with van der Waals surface area (Å²) in [6.07, 6.45) is 4.06. The number of nitrogens with one attached hydrogen (secondary N) is 1. The Morgan fingerprint density at radius 3 is 2.52 bits per heavy atom. The first-order valence-corrected chi connectivity index (χ1v) is 8.08. The van der Waals surface area contributed by atoms with Crippen LogP contribution < -0.4 is 5.32 Å². The summed E-state index contributed by atoms with van der Waals surface area (Å²) in [5.41, 5.74) is 5.20. The average Bonchev–Trinajstić information content (AvgIpc) is 2.86. The minimum atomic E-state index is 0. The molecule has 0 amide bonds. The molecule has 1 aromatic heterocycles. The zero-order valence-electron chi connectivity index (χ0n) is 14.4. The van der Waals surface area contributed by atoms with Gasteiger partial charge in [-0.15, -0.1) is 12.4 Å². The van der Waals surface area contributed by atoms with E-state index in [-0.39, 0.29) is 12.4 Å². The Balaban J connectivity index is 0.00000192. The Hall–Kier alpha value is -1.36. The third-order valence-corrected chi connectivity index (χ3v) is 4.31. The van der Waals surface area contributed by atoms with Crippen molar-refractivity contribution in [3.05, 3.63) is 41.7 Å². The Morgan fingerprint density at radius 2 is 1.91 bits per heavy atom. The fourth-order valence-corrected chi connectivity index (χ4v) is 3.47. The highest BCUT2D eigenvalue weighted by Crippen LogP contribution is 2.26. The van der Waals surface area contributed by atoms with Crippen LogP contribution in [0.5, 0.6) is 0 Å². The van der Waals surface area contributed by atoms with E-state index in [2.05, 4.69) is 60.5 Å². The Labute approximate surface area is 145 Å². The Kier molecular flexibility index (Phi) is 5.84. The molecule has 2 atom stereocenters. The highest BCUT2D eigenvalue weighted by molar-refractivity contribution is 5.85. The zero-order chi connectivity index (χ0) is 15.7. The molecule has 1 fully saturated rings. The van der Waals surface area contributed by atoms with Gasteiger partial charge in [-0.25, -0.2) is 0 Å². The molecule has 2 aromatic rings. The van der Waals surface area contributed by atoms with Gasteiger partial charge in [0.2, 0.25) is 0 Å². The molecule has 0 spiro atoms. The normalized spacial score (nSPS) is 21.9. The molecule has 2 heterocycles. The van der Waals surface area contributed by atoms with Crippen molar-refractivity contribution in [2.45, 2.75) is 39.4 Å². The van der Waals surface area contributed by atoms with Gasteiger partial charge in [0.05, 0.1) is 6.20 Å². The van der Waals surface area contributed by atoms with E-state index < -0.39 is 0 Å². The van der Waals surface area contributed by atoms with Crippen molar-refractivity contribution >= 4 is 12.4 Å². The number of aryl methyl sites for hydroxylation is 2. The summed E-state index contributed by atoms with van der Waals surface area (Å²) >= 11 is 0. The minimum absolute atomic E-state index is 0. The van der Waals surface area contributed by atoms with Crippen LogP contribution in [-0.4, -0.2) is 39.9 Å². The third-order valence-electron chi connectivity index (χ3n) is 4.31. The first-order chi connectivity index (χ1) is 10.5. The molecule has 4 nitrogen and oxygen atoms in total. The number of piperazine rings is 1. The number of nitrogens with zero attached hydrogens (tertiary/aromatic N) is 3. The van der Waals surface area contributed by atoms with E-state index in [1.165, 1.54) is 22.3 Å². The second-order valence-corrected chi connectivity index (χ2v) is 6.73. The number of rotatable bonds is 3. The van der Waals surface area contributed by atoms with Crippen molar-refractivity contribution in [1.29, 1.82) is 0 Å². The largest absolute Gasteiger partial charge is 0.309 e. The molecule has 1 aliphatic heterocycles. The molecule has 1 saturated heterocycles. The van der Waals surface area contributed by atoms with Gasteiger partial charge in [0, 0.05) is 50.5 Å². The third kappa shape index (κ3) is 4.34. The predicted molar refractivity (Wildman–Crippen MR) is 98.0 cm³/mol. The van der Waals surface area contributed by atoms with Crippen molar-refractivity contribution in [1.82, 2.24) is 20.0 Å². The molecule has 0 aliphatic carbocycles. The molecular formula is C18H27ClN4. The molecule has 1 aromatic carbocycles. The van der Waals surface area contributed by atoms with Crippen LogP contribution in [0.25, 0.3) is 11.1 Å². The molecule has 126 valence electrons. The number of benzene rings is 1. The lowest BCUT2D eigenvalue weighted by Gasteiger charge is -2.36. The predicted octanol–water partition coefficient (Wildman–Crippen LogP) is 3.00. The highest BCUT2D eigenvalue weighted by atomic mass is 35.5. The first kappa shape index (κ1) is 18.0. The monoisotopic (exact) mass is 334 g/mol. The fraction of sp³-hybridized carbons (Fsp3) is 0.500. The summed E-state index contributed by atoms with van der Waals surface area (Å²) in [5, 5.41) is 7.93. The molecule has 0 saturated carbocycles. The van der Waals surface area contributed by atoms with Gasteiger partial charge in [0.15, 0.2) is 0 Å². The van der Waals surface area contributed by atoms with Crippen LogP contribution >= 0.6 is 12.4 Å². The summed E-state index contributed by atoms with van der Waals surface area (Å²) < 4.78 is 1.87. The van der Waals surface area contributed by atoms with Crippen LogP contribution in [0.15, 0.2) is 30.6 Å². The van der Waals surface area contributed by atoms with Gasteiger partial charge in [-0.2, -0.15) is 5.10 Å². The quantitative estimate of drug-likeness (QED) is 0.936. The average molecular weight is 335 g/mol. The number of hydrogen-bond acceptors (Lipinski definition) is 3. The summed E-state index contributed by atoms with van der Waals surface area (Å²) in [6.45, 7) is 9.88. The maximum Gasteiger partial charge on any atom is 0.0568 e. The molecule has 5 heteroatoms. The van der Waals surface area contributed by atoms with Crippen LogP contribution in [0.1, 0.15) is 25.0 Å². The maximum absolute atomic E-state index is 4.33.